The quantitative estimate of drug-likeness (QED) is 0.565. The average Bonchev–Trinajstić information content (AvgIpc) is 2.77. The first-order chi connectivity index (χ1) is 14.6. The van der Waals surface area contributed by atoms with E-state index in [9.17, 15) is 9.90 Å². The van der Waals surface area contributed by atoms with Gasteiger partial charge in [-0.2, -0.15) is 0 Å². The number of morpholine rings is 1. The standard InChI is InChI=1S/C24H25N3O3/c25-22-10-7-20(18-5-8-21(28)9-6-18)15-23(22)26-24(29)19-3-1-17(2-4-19)16-27-11-13-30-14-12-27/h1-10,15,28H,11-14,16,25H2,(H,26,29). The highest BCUT2D eigenvalue weighted by Crippen LogP contribution is 2.28. The van der Waals surface area contributed by atoms with Crippen molar-refractivity contribution in [2.75, 3.05) is 37.4 Å². The van der Waals surface area contributed by atoms with Crippen molar-refractivity contribution in [2.24, 2.45) is 0 Å². The Hall–Kier alpha value is -3.35. The van der Waals surface area contributed by atoms with E-state index in [0.717, 1.165) is 44.0 Å². The summed E-state index contributed by atoms with van der Waals surface area (Å²) in [5, 5.41) is 12.4. The van der Waals surface area contributed by atoms with Gasteiger partial charge in [-0.25, -0.2) is 0 Å². The molecule has 4 rings (SSSR count). The van der Waals surface area contributed by atoms with Crippen molar-refractivity contribution in [1.82, 2.24) is 4.90 Å². The first-order valence-electron chi connectivity index (χ1n) is 9.98. The molecule has 154 valence electrons. The van der Waals surface area contributed by atoms with Crippen molar-refractivity contribution >= 4 is 17.3 Å². The third-order valence-electron chi connectivity index (χ3n) is 5.23. The molecule has 0 aromatic heterocycles. The zero-order valence-corrected chi connectivity index (χ0v) is 16.7. The summed E-state index contributed by atoms with van der Waals surface area (Å²) >= 11 is 0. The molecular formula is C24H25N3O3. The van der Waals surface area contributed by atoms with Crippen LogP contribution in [0.25, 0.3) is 11.1 Å². The van der Waals surface area contributed by atoms with Crippen LogP contribution < -0.4 is 11.1 Å². The second kappa shape index (κ2) is 8.98. The molecule has 0 unspecified atom stereocenters. The fraction of sp³-hybridized carbons (Fsp3) is 0.208. The Balaban J connectivity index is 1.45. The predicted octanol–water partition coefficient (Wildman–Crippen LogP) is 3.73. The maximum absolute atomic E-state index is 12.7. The lowest BCUT2D eigenvalue weighted by atomic mass is 10.0. The number of phenols is 1. The lowest BCUT2D eigenvalue weighted by Gasteiger charge is -2.26. The Morgan fingerprint density at radius 2 is 1.63 bits per heavy atom. The van der Waals surface area contributed by atoms with Crippen molar-refractivity contribution < 1.29 is 14.6 Å². The lowest BCUT2D eigenvalue weighted by molar-refractivity contribution is 0.0342. The molecule has 6 nitrogen and oxygen atoms in total. The summed E-state index contributed by atoms with van der Waals surface area (Å²) in [4.78, 5) is 15.1. The van der Waals surface area contributed by atoms with Gasteiger partial charge in [-0.15, -0.1) is 0 Å². The molecule has 0 bridgehead atoms. The Morgan fingerprint density at radius 3 is 2.33 bits per heavy atom. The molecule has 0 aliphatic carbocycles. The van der Waals surface area contributed by atoms with E-state index < -0.39 is 0 Å². The van der Waals surface area contributed by atoms with Gasteiger partial charge in [0.15, 0.2) is 0 Å². The molecule has 1 aliphatic heterocycles. The van der Waals surface area contributed by atoms with Crippen LogP contribution in [-0.4, -0.2) is 42.2 Å². The third kappa shape index (κ3) is 4.79. The summed E-state index contributed by atoms with van der Waals surface area (Å²) in [6, 6.07) is 20.0. The summed E-state index contributed by atoms with van der Waals surface area (Å²) < 4.78 is 5.38. The number of nitrogen functional groups attached to an aromatic ring is 1. The number of anilines is 2. The minimum atomic E-state index is -0.206. The summed E-state index contributed by atoms with van der Waals surface area (Å²) in [6.45, 7) is 4.25. The van der Waals surface area contributed by atoms with Crippen molar-refractivity contribution in [3.63, 3.8) is 0 Å². The number of nitrogens with zero attached hydrogens (tertiary/aromatic N) is 1. The van der Waals surface area contributed by atoms with Crippen molar-refractivity contribution in [3.05, 3.63) is 77.9 Å². The molecule has 1 fully saturated rings. The van der Waals surface area contributed by atoms with Crippen LogP contribution in [0.15, 0.2) is 66.7 Å². The number of hydrogen-bond donors (Lipinski definition) is 3. The van der Waals surface area contributed by atoms with Gasteiger partial charge in [0.25, 0.3) is 5.91 Å². The van der Waals surface area contributed by atoms with Crippen LogP contribution in [0, 0.1) is 0 Å². The predicted molar refractivity (Wildman–Crippen MR) is 118 cm³/mol. The van der Waals surface area contributed by atoms with Crippen molar-refractivity contribution in [3.8, 4) is 16.9 Å². The van der Waals surface area contributed by atoms with E-state index in [-0.39, 0.29) is 11.7 Å². The highest BCUT2D eigenvalue weighted by Gasteiger charge is 2.13. The van der Waals surface area contributed by atoms with Crippen LogP contribution in [0.1, 0.15) is 15.9 Å². The summed E-state index contributed by atoms with van der Waals surface area (Å²) in [6.07, 6.45) is 0. The van der Waals surface area contributed by atoms with Gasteiger partial charge < -0.3 is 20.9 Å². The number of nitrogens with one attached hydrogen (secondary N) is 1. The normalized spacial score (nSPS) is 14.4. The number of carbonyl (C=O) groups excluding carboxylic acids is 1. The number of phenolic OH excluding ortho intramolecular Hbond substituents is 1. The molecule has 0 spiro atoms. The number of nitrogens with two attached hydrogens (primary N) is 1. The Kier molecular flexibility index (Phi) is 5.97. The van der Waals surface area contributed by atoms with Crippen LogP contribution in [0.4, 0.5) is 11.4 Å². The van der Waals surface area contributed by atoms with Gasteiger partial charge in [-0.3, -0.25) is 9.69 Å². The van der Waals surface area contributed by atoms with Gasteiger partial charge in [-0.05, 0) is 53.1 Å². The lowest BCUT2D eigenvalue weighted by Crippen LogP contribution is -2.35. The van der Waals surface area contributed by atoms with Gasteiger partial charge >= 0.3 is 0 Å². The van der Waals surface area contributed by atoms with E-state index in [4.69, 9.17) is 10.5 Å². The molecule has 3 aromatic carbocycles. The molecule has 1 heterocycles. The van der Waals surface area contributed by atoms with Gasteiger partial charge in [0.2, 0.25) is 0 Å². The number of aromatic hydroxyl groups is 1. The zero-order chi connectivity index (χ0) is 20.9. The maximum Gasteiger partial charge on any atom is 0.255 e. The number of carbonyl (C=O) groups is 1. The fourth-order valence-electron chi connectivity index (χ4n) is 3.47. The Bertz CT molecular complexity index is 1010. The van der Waals surface area contributed by atoms with E-state index in [2.05, 4.69) is 10.2 Å². The molecule has 30 heavy (non-hydrogen) atoms. The molecule has 1 amide bonds. The zero-order valence-electron chi connectivity index (χ0n) is 16.7. The van der Waals surface area contributed by atoms with Crippen LogP contribution >= 0.6 is 0 Å². The van der Waals surface area contributed by atoms with Crippen LogP contribution in [0.3, 0.4) is 0 Å². The molecule has 3 aromatic rings. The Labute approximate surface area is 175 Å². The third-order valence-corrected chi connectivity index (χ3v) is 5.23. The summed E-state index contributed by atoms with van der Waals surface area (Å²) in [7, 11) is 0. The van der Waals surface area contributed by atoms with Crippen molar-refractivity contribution in [2.45, 2.75) is 6.54 Å². The highest BCUT2D eigenvalue weighted by molar-refractivity contribution is 6.06. The van der Waals surface area contributed by atoms with E-state index in [0.29, 0.717) is 16.9 Å². The fourth-order valence-corrected chi connectivity index (χ4v) is 3.47. The second-order valence-electron chi connectivity index (χ2n) is 7.39. The molecular weight excluding hydrogens is 378 g/mol. The highest BCUT2D eigenvalue weighted by atomic mass is 16.5. The largest absolute Gasteiger partial charge is 0.508 e. The van der Waals surface area contributed by atoms with E-state index >= 15 is 0 Å². The Morgan fingerprint density at radius 1 is 0.967 bits per heavy atom. The van der Waals surface area contributed by atoms with Crippen molar-refractivity contribution in [1.29, 1.82) is 0 Å². The molecule has 4 N–H and O–H groups in total. The molecule has 0 saturated carbocycles. The van der Waals surface area contributed by atoms with E-state index in [1.165, 1.54) is 5.56 Å². The number of amides is 1. The summed E-state index contributed by atoms with van der Waals surface area (Å²) in [5.74, 6) is 0.00210. The van der Waals surface area contributed by atoms with Crippen LogP contribution in [0.2, 0.25) is 0 Å². The molecule has 0 atom stereocenters. The van der Waals surface area contributed by atoms with Crippen LogP contribution in [0.5, 0.6) is 5.75 Å². The number of ether oxygens (including phenoxy) is 1. The number of rotatable bonds is 5. The van der Waals surface area contributed by atoms with Gasteiger partial charge in [-0.1, -0.05) is 30.3 Å². The van der Waals surface area contributed by atoms with Gasteiger partial charge in [0.1, 0.15) is 5.75 Å². The first kappa shape index (κ1) is 19.9. The molecule has 1 saturated heterocycles. The van der Waals surface area contributed by atoms with Gasteiger partial charge in [0.05, 0.1) is 24.6 Å². The topological polar surface area (TPSA) is 87.8 Å². The summed E-state index contributed by atoms with van der Waals surface area (Å²) in [5.41, 5.74) is 10.7. The minimum Gasteiger partial charge on any atom is -0.508 e. The second-order valence-corrected chi connectivity index (χ2v) is 7.39. The van der Waals surface area contributed by atoms with E-state index in [1.807, 2.05) is 48.5 Å². The van der Waals surface area contributed by atoms with Crippen LogP contribution in [-0.2, 0) is 11.3 Å². The maximum atomic E-state index is 12.7. The average molecular weight is 403 g/mol. The number of benzene rings is 3. The van der Waals surface area contributed by atoms with Gasteiger partial charge in [0, 0.05) is 25.2 Å². The molecule has 6 heteroatoms. The molecule has 1 aliphatic rings. The first-order valence-corrected chi connectivity index (χ1v) is 9.98. The molecule has 0 radical (unpaired) electrons. The monoisotopic (exact) mass is 403 g/mol. The SMILES string of the molecule is Nc1ccc(-c2ccc(O)cc2)cc1NC(=O)c1ccc(CN2CCOCC2)cc1. The minimum absolute atomic E-state index is 0.206. The smallest absolute Gasteiger partial charge is 0.255 e. The van der Waals surface area contributed by atoms with E-state index in [1.54, 1.807) is 18.2 Å². The number of hydrogen-bond acceptors (Lipinski definition) is 5.